The Morgan fingerprint density at radius 2 is 1.96 bits per heavy atom. The predicted molar refractivity (Wildman–Crippen MR) is 107 cm³/mol. The Bertz CT molecular complexity index is 1060. The van der Waals surface area contributed by atoms with Gasteiger partial charge < -0.3 is 5.32 Å². The van der Waals surface area contributed by atoms with Crippen molar-refractivity contribution < 1.29 is 0 Å². The lowest BCUT2D eigenvalue weighted by Gasteiger charge is -2.10. The van der Waals surface area contributed by atoms with Crippen LogP contribution in [-0.4, -0.2) is 26.4 Å². The van der Waals surface area contributed by atoms with Crippen molar-refractivity contribution in [3.8, 4) is 11.3 Å². The second-order valence-electron chi connectivity index (χ2n) is 6.30. The fraction of sp³-hybridized carbons (Fsp3) is 0.250. The zero-order chi connectivity index (χ0) is 17.9. The summed E-state index contributed by atoms with van der Waals surface area (Å²) in [4.78, 5) is 4.85. The zero-order valence-electron chi connectivity index (χ0n) is 14.6. The number of benzene rings is 2. The van der Waals surface area contributed by atoms with E-state index in [9.17, 15) is 0 Å². The summed E-state index contributed by atoms with van der Waals surface area (Å²) in [6.07, 6.45) is 3.52. The van der Waals surface area contributed by atoms with Gasteiger partial charge in [0.25, 0.3) is 0 Å². The number of anilines is 1. The molecule has 0 saturated carbocycles. The summed E-state index contributed by atoms with van der Waals surface area (Å²) in [6.45, 7) is 3.10. The van der Waals surface area contributed by atoms with E-state index in [1.54, 1.807) is 4.52 Å². The average molecular weight is 366 g/mol. The van der Waals surface area contributed by atoms with Crippen LogP contribution in [-0.2, 0) is 0 Å². The lowest BCUT2D eigenvalue weighted by Crippen LogP contribution is -2.06. The van der Waals surface area contributed by atoms with E-state index in [0.29, 0.717) is 5.02 Å². The Hall–Kier alpha value is -2.66. The number of nitrogens with zero attached hydrogens (tertiary/aromatic N) is 4. The van der Waals surface area contributed by atoms with Crippen molar-refractivity contribution in [2.45, 2.75) is 26.2 Å². The van der Waals surface area contributed by atoms with Crippen LogP contribution in [0.15, 0.2) is 48.5 Å². The van der Waals surface area contributed by atoms with E-state index in [-0.39, 0.29) is 0 Å². The van der Waals surface area contributed by atoms with Gasteiger partial charge in [0, 0.05) is 22.5 Å². The van der Waals surface area contributed by atoms with Crippen LogP contribution < -0.4 is 5.32 Å². The predicted octanol–water partition coefficient (Wildman–Crippen LogP) is 5.20. The van der Waals surface area contributed by atoms with Gasteiger partial charge in [-0.2, -0.15) is 4.52 Å². The highest BCUT2D eigenvalue weighted by atomic mass is 35.5. The molecule has 1 N–H and O–H groups in total. The Morgan fingerprint density at radius 3 is 2.81 bits per heavy atom. The molecule has 0 aliphatic carbocycles. The van der Waals surface area contributed by atoms with E-state index in [4.69, 9.17) is 16.6 Å². The molecule has 0 saturated heterocycles. The van der Waals surface area contributed by atoms with Crippen LogP contribution in [0.4, 0.5) is 5.82 Å². The smallest absolute Gasteiger partial charge is 0.186 e. The van der Waals surface area contributed by atoms with Crippen LogP contribution in [0.2, 0.25) is 5.02 Å². The number of hydrogen-bond acceptors (Lipinski definition) is 4. The average Bonchev–Trinajstić information content (AvgIpc) is 3.09. The number of halogens is 1. The van der Waals surface area contributed by atoms with Crippen molar-refractivity contribution in [2.75, 3.05) is 11.9 Å². The van der Waals surface area contributed by atoms with E-state index in [0.717, 1.165) is 46.6 Å². The van der Waals surface area contributed by atoms with Crippen molar-refractivity contribution in [3.05, 3.63) is 53.6 Å². The van der Waals surface area contributed by atoms with Gasteiger partial charge in [-0.25, -0.2) is 4.98 Å². The Labute approximate surface area is 157 Å². The van der Waals surface area contributed by atoms with Gasteiger partial charge in [0.1, 0.15) is 11.5 Å². The summed E-state index contributed by atoms with van der Waals surface area (Å²) in [7, 11) is 0. The maximum atomic E-state index is 6.15. The normalized spacial score (nSPS) is 11.3. The van der Waals surface area contributed by atoms with Crippen molar-refractivity contribution in [2.24, 2.45) is 0 Å². The first kappa shape index (κ1) is 16.8. The minimum Gasteiger partial charge on any atom is -0.369 e. The summed E-state index contributed by atoms with van der Waals surface area (Å²) in [6, 6.07) is 15.7. The molecule has 0 atom stereocenters. The minimum atomic E-state index is 0.669. The van der Waals surface area contributed by atoms with Crippen LogP contribution in [0.25, 0.3) is 27.8 Å². The van der Waals surface area contributed by atoms with Gasteiger partial charge in [-0.15, -0.1) is 5.10 Å². The van der Waals surface area contributed by atoms with E-state index in [2.05, 4.69) is 28.6 Å². The van der Waals surface area contributed by atoms with Crippen LogP contribution in [0, 0.1) is 0 Å². The summed E-state index contributed by atoms with van der Waals surface area (Å²) < 4.78 is 1.79. The second kappa shape index (κ2) is 7.30. The van der Waals surface area contributed by atoms with Gasteiger partial charge in [-0.1, -0.05) is 60.8 Å². The van der Waals surface area contributed by atoms with Crippen LogP contribution >= 0.6 is 11.6 Å². The first-order valence-corrected chi connectivity index (χ1v) is 9.29. The molecule has 4 rings (SSSR count). The molecule has 0 bridgehead atoms. The number of unbranched alkanes of at least 4 members (excludes halogenated alkanes) is 2. The molecule has 0 unspecified atom stereocenters. The highest BCUT2D eigenvalue weighted by molar-refractivity contribution is 6.30. The highest BCUT2D eigenvalue weighted by Gasteiger charge is 2.15. The number of nitrogens with one attached hydrogen (secondary N) is 1. The van der Waals surface area contributed by atoms with Crippen LogP contribution in [0.3, 0.4) is 0 Å². The number of hydrogen-bond donors (Lipinski definition) is 1. The van der Waals surface area contributed by atoms with Gasteiger partial charge in [0.2, 0.25) is 0 Å². The SMILES string of the molecule is CCCCCNc1nc2c(-c3cccc(Cl)c3)nnn2c2ccccc12. The van der Waals surface area contributed by atoms with Gasteiger partial charge in [-0.05, 0) is 30.7 Å². The van der Waals surface area contributed by atoms with Gasteiger partial charge in [0.05, 0.1) is 5.52 Å². The number of fused-ring (bicyclic) bond motifs is 3. The first-order valence-electron chi connectivity index (χ1n) is 8.92. The molecule has 5 nitrogen and oxygen atoms in total. The van der Waals surface area contributed by atoms with Crippen molar-refractivity contribution in [3.63, 3.8) is 0 Å². The molecule has 2 heterocycles. The molecule has 6 heteroatoms. The van der Waals surface area contributed by atoms with E-state index in [1.807, 2.05) is 42.5 Å². The van der Waals surface area contributed by atoms with E-state index in [1.165, 1.54) is 12.8 Å². The monoisotopic (exact) mass is 365 g/mol. The number of aromatic nitrogens is 4. The standard InChI is InChI=1S/C20H20ClN5/c1-2-3-6-12-22-19-16-10-4-5-11-17(16)26-20(23-19)18(24-25-26)14-8-7-9-15(21)13-14/h4-5,7-11,13H,2-3,6,12H2,1H3,(H,22,23). The molecule has 0 amide bonds. The van der Waals surface area contributed by atoms with Crippen LogP contribution in [0.1, 0.15) is 26.2 Å². The fourth-order valence-electron chi connectivity index (χ4n) is 3.10. The molecule has 0 aliphatic heterocycles. The zero-order valence-corrected chi connectivity index (χ0v) is 15.4. The summed E-state index contributed by atoms with van der Waals surface area (Å²) in [5.41, 5.74) is 3.35. The molecular weight excluding hydrogens is 346 g/mol. The van der Waals surface area contributed by atoms with Gasteiger partial charge in [-0.3, -0.25) is 0 Å². The third-order valence-corrected chi connectivity index (χ3v) is 4.66. The molecule has 26 heavy (non-hydrogen) atoms. The van der Waals surface area contributed by atoms with E-state index >= 15 is 0 Å². The largest absolute Gasteiger partial charge is 0.369 e. The maximum Gasteiger partial charge on any atom is 0.186 e. The molecule has 4 aromatic rings. The number of para-hydroxylation sites is 1. The second-order valence-corrected chi connectivity index (χ2v) is 6.73. The molecule has 2 aromatic heterocycles. The lowest BCUT2D eigenvalue weighted by atomic mass is 10.1. The lowest BCUT2D eigenvalue weighted by molar-refractivity contribution is 0.742. The van der Waals surface area contributed by atoms with Gasteiger partial charge in [0.15, 0.2) is 5.65 Å². The Balaban J connectivity index is 1.85. The minimum absolute atomic E-state index is 0.669. The quantitative estimate of drug-likeness (QED) is 0.477. The third kappa shape index (κ3) is 3.10. The fourth-order valence-corrected chi connectivity index (χ4v) is 3.29. The topological polar surface area (TPSA) is 55.1 Å². The van der Waals surface area contributed by atoms with Crippen molar-refractivity contribution >= 4 is 34.0 Å². The summed E-state index contributed by atoms with van der Waals surface area (Å²) in [5.74, 6) is 0.870. The Morgan fingerprint density at radius 1 is 1.08 bits per heavy atom. The first-order chi connectivity index (χ1) is 12.8. The summed E-state index contributed by atoms with van der Waals surface area (Å²) >= 11 is 6.15. The highest BCUT2D eigenvalue weighted by Crippen LogP contribution is 2.29. The Kier molecular flexibility index (Phi) is 4.71. The summed E-state index contributed by atoms with van der Waals surface area (Å²) in [5, 5.41) is 13.9. The van der Waals surface area contributed by atoms with E-state index < -0.39 is 0 Å². The van der Waals surface area contributed by atoms with Crippen LogP contribution in [0.5, 0.6) is 0 Å². The maximum absolute atomic E-state index is 6.15. The van der Waals surface area contributed by atoms with Gasteiger partial charge >= 0.3 is 0 Å². The van der Waals surface area contributed by atoms with Crippen molar-refractivity contribution in [1.29, 1.82) is 0 Å². The molecule has 0 aliphatic rings. The van der Waals surface area contributed by atoms with Crippen molar-refractivity contribution in [1.82, 2.24) is 19.8 Å². The number of rotatable bonds is 6. The molecule has 0 spiro atoms. The third-order valence-electron chi connectivity index (χ3n) is 4.42. The molecule has 0 fully saturated rings. The molecule has 132 valence electrons. The molecule has 0 radical (unpaired) electrons. The molecule has 2 aromatic carbocycles. The molecular formula is C20H20ClN5.